The summed E-state index contributed by atoms with van der Waals surface area (Å²) >= 11 is 0. The Hall–Kier alpha value is -1.62. The van der Waals surface area contributed by atoms with Gasteiger partial charge in [0.05, 0.1) is 12.6 Å². The first-order valence-corrected chi connectivity index (χ1v) is 6.34. The fourth-order valence-corrected chi connectivity index (χ4v) is 2.59. The van der Waals surface area contributed by atoms with E-state index in [9.17, 15) is 9.90 Å². The van der Waals surface area contributed by atoms with Crippen molar-refractivity contribution in [1.82, 2.24) is 4.98 Å². The van der Waals surface area contributed by atoms with Gasteiger partial charge in [-0.25, -0.2) is 9.78 Å². The summed E-state index contributed by atoms with van der Waals surface area (Å²) in [5.41, 5.74) is 2.41. The van der Waals surface area contributed by atoms with E-state index >= 15 is 0 Å². The van der Waals surface area contributed by atoms with Gasteiger partial charge in [-0.15, -0.1) is 0 Å². The van der Waals surface area contributed by atoms with E-state index in [4.69, 9.17) is 4.74 Å². The van der Waals surface area contributed by atoms with Gasteiger partial charge in [-0.2, -0.15) is 0 Å². The zero-order chi connectivity index (χ0) is 12.5. The minimum Gasteiger partial charge on any atom is -0.478 e. The highest BCUT2D eigenvalue weighted by atomic mass is 16.5. The molecule has 3 rings (SSSR count). The van der Waals surface area contributed by atoms with E-state index in [-0.39, 0.29) is 11.6 Å². The molecule has 18 heavy (non-hydrogen) atoms. The molecule has 2 N–H and O–H groups in total. The van der Waals surface area contributed by atoms with Gasteiger partial charge in [0, 0.05) is 12.3 Å². The maximum Gasteiger partial charge on any atom is 0.339 e. The van der Waals surface area contributed by atoms with Crippen LogP contribution in [0.3, 0.4) is 0 Å². The van der Waals surface area contributed by atoms with Crippen molar-refractivity contribution >= 4 is 11.8 Å². The third kappa shape index (κ3) is 2.06. The maximum absolute atomic E-state index is 11.3. The molecule has 1 aliphatic carbocycles. The van der Waals surface area contributed by atoms with Crippen LogP contribution in [0, 0.1) is 0 Å². The lowest BCUT2D eigenvalue weighted by atomic mass is 10.1. The summed E-state index contributed by atoms with van der Waals surface area (Å²) in [4.78, 5) is 15.8. The summed E-state index contributed by atoms with van der Waals surface area (Å²) in [5.74, 6) is -0.419. The second-order valence-electron chi connectivity index (χ2n) is 4.85. The topological polar surface area (TPSA) is 71.5 Å². The number of aryl methyl sites for hydroxylation is 2. The van der Waals surface area contributed by atoms with Gasteiger partial charge in [-0.3, -0.25) is 0 Å². The van der Waals surface area contributed by atoms with Gasteiger partial charge >= 0.3 is 5.97 Å². The molecule has 1 aromatic rings. The zero-order valence-corrected chi connectivity index (χ0v) is 10.1. The Morgan fingerprint density at radius 2 is 2.39 bits per heavy atom. The number of fused-ring (bicyclic) bond motifs is 1. The van der Waals surface area contributed by atoms with Crippen LogP contribution < -0.4 is 5.32 Å². The first-order valence-electron chi connectivity index (χ1n) is 6.34. The van der Waals surface area contributed by atoms with E-state index in [1.165, 1.54) is 0 Å². The third-order valence-electron chi connectivity index (χ3n) is 3.55. The van der Waals surface area contributed by atoms with E-state index in [0.29, 0.717) is 12.4 Å². The normalized spacial score (nSPS) is 21.9. The summed E-state index contributed by atoms with van der Waals surface area (Å²) in [6.07, 6.45) is 3.86. The van der Waals surface area contributed by atoms with Crippen LogP contribution in [0.2, 0.25) is 0 Å². The van der Waals surface area contributed by atoms with Gasteiger partial charge in [0.2, 0.25) is 0 Å². The van der Waals surface area contributed by atoms with E-state index < -0.39 is 5.97 Å². The molecular formula is C13H16N2O3. The molecule has 0 radical (unpaired) electrons. The van der Waals surface area contributed by atoms with Gasteiger partial charge in [-0.05, 0) is 37.3 Å². The minimum absolute atomic E-state index is 0.176. The number of hydrogen-bond acceptors (Lipinski definition) is 4. The van der Waals surface area contributed by atoms with Gasteiger partial charge in [0.15, 0.2) is 0 Å². The molecule has 2 heterocycles. The zero-order valence-electron chi connectivity index (χ0n) is 10.1. The third-order valence-corrected chi connectivity index (χ3v) is 3.55. The molecule has 0 saturated carbocycles. The van der Waals surface area contributed by atoms with Crippen LogP contribution in [-0.4, -0.2) is 35.3 Å². The molecule has 1 saturated heterocycles. The van der Waals surface area contributed by atoms with Crippen LogP contribution >= 0.6 is 0 Å². The molecule has 1 unspecified atom stereocenters. The number of nitrogens with zero attached hydrogens (tertiary/aromatic N) is 1. The summed E-state index contributed by atoms with van der Waals surface area (Å²) in [6.45, 7) is 1.35. The molecule has 5 heteroatoms. The molecule has 1 atom stereocenters. The van der Waals surface area contributed by atoms with Gasteiger partial charge in [0.25, 0.3) is 0 Å². The van der Waals surface area contributed by atoms with Crippen molar-refractivity contribution in [1.29, 1.82) is 0 Å². The van der Waals surface area contributed by atoms with Crippen molar-refractivity contribution in [2.45, 2.75) is 31.7 Å². The number of anilines is 1. The molecule has 1 fully saturated rings. The number of carboxylic acid groups (broad SMARTS) is 1. The predicted octanol–water partition coefficient (Wildman–Crippen LogP) is 1.47. The first kappa shape index (κ1) is 11.5. The highest BCUT2D eigenvalue weighted by Gasteiger charge is 2.23. The number of aromatic nitrogens is 1. The molecule has 2 aliphatic rings. The highest BCUT2D eigenvalue weighted by Crippen LogP contribution is 2.26. The number of aromatic carboxylic acids is 1. The van der Waals surface area contributed by atoms with Crippen LogP contribution in [0.5, 0.6) is 0 Å². The number of nitrogens with one attached hydrogen (secondary N) is 1. The van der Waals surface area contributed by atoms with Crippen LogP contribution in [-0.2, 0) is 17.6 Å². The van der Waals surface area contributed by atoms with Crippen LogP contribution in [0.1, 0.15) is 34.5 Å². The van der Waals surface area contributed by atoms with Gasteiger partial charge in [0.1, 0.15) is 11.4 Å². The molecule has 0 bridgehead atoms. The number of hydrogen-bond donors (Lipinski definition) is 2. The van der Waals surface area contributed by atoms with Crippen LogP contribution in [0.15, 0.2) is 6.07 Å². The molecule has 0 amide bonds. The van der Waals surface area contributed by atoms with E-state index in [1.807, 2.05) is 0 Å². The average Bonchev–Trinajstić information content (AvgIpc) is 2.97. The van der Waals surface area contributed by atoms with Gasteiger partial charge < -0.3 is 15.2 Å². The number of carboxylic acids is 1. The number of ether oxygens (including phenoxy) is 1. The molecular weight excluding hydrogens is 232 g/mol. The molecule has 1 aliphatic heterocycles. The van der Waals surface area contributed by atoms with Crippen molar-refractivity contribution in [2.24, 2.45) is 0 Å². The molecule has 1 aromatic heterocycles. The fourth-order valence-electron chi connectivity index (χ4n) is 2.59. The Bertz CT molecular complexity index is 481. The molecule has 0 aromatic carbocycles. The second-order valence-corrected chi connectivity index (χ2v) is 4.85. The Balaban J connectivity index is 1.92. The standard InChI is InChI=1S/C13H16N2O3/c16-13(17)10-6-8-2-1-3-11(8)15-12(10)14-9-4-5-18-7-9/h6,9H,1-5,7H2,(H,14,15)(H,16,17). The van der Waals surface area contributed by atoms with Crippen LogP contribution in [0.4, 0.5) is 5.82 Å². The second kappa shape index (κ2) is 4.57. The van der Waals surface area contributed by atoms with Gasteiger partial charge in [-0.1, -0.05) is 0 Å². The SMILES string of the molecule is O=C(O)c1cc2c(nc1NC1CCOC1)CCC2. The summed E-state index contributed by atoms with van der Waals surface area (Å²) in [5, 5.41) is 12.5. The number of pyridine rings is 1. The predicted molar refractivity (Wildman–Crippen MR) is 66.1 cm³/mol. The summed E-state index contributed by atoms with van der Waals surface area (Å²) in [7, 11) is 0. The summed E-state index contributed by atoms with van der Waals surface area (Å²) < 4.78 is 5.28. The summed E-state index contributed by atoms with van der Waals surface area (Å²) in [6, 6.07) is 1.95. The lowest BCUT2D eigenvalue weighted by molar-refractivity contribution is 0.0697. The van der Waals surface area contributed by atoms with Crippen molar-refractivity contribution in [3.05, 3.63) is 22.9 Å². The molecule has 96 valence electrons. The highest BCUT2D eigenvalue weighted by molar-refractivity contribution is 5.93. The minimum atomic E-state index is -0.918. The number of carbonyl (C=O) groups is 1. The lowest BCUT2D eigenvalue weighted by Crippen LogP contribution is -2.22. The van der Waals surface area contributed by atoms with Crippen molar-refractivity contribution in [3.63, 3.8) is 0 Å². The first-order chi connectivity index (χ1) is 8.74. The van der Waals surface area contributed by atoms with Crippen LogP contribution in [0.25, 0.3) is 0 Å². The van der Waals surface area contributed by atoms with E-state index in [1.54, 1.807) is 6.07 Å². The number of rotatable bonds is 3. The Morgan fingerprint density at radius 1 is 1.50 bits per heavy atom. The van der Waals surface area contributed by atoms with Crippen molar-refractivity contribution in [3.8, 4) is 0 Å². The van der Waals surface area contributed by atoms with Crippen molar-refractivity contribution < 1.29 is 14.6 Å². The average molecular weight is 248 g/mol. The smallest absolute Gasteiger partial charge is 0.339 e. The Labute approximate surface area is 105 Å². The largest absolute Gasteiger partial charge is 0.478 e. The van der Waals surface area contributed by atoms with E-state index in [2.05, 4.69) is 10.3 Å². The fraction of sp³-hybridized carbons (Fsp3) is 0.538. The monoisotopic (exact) mass is 248 g/mol. The quantitative estimate of drug-likeness (QED) is 0.847. The molecule has 5 nitrogen and oxygen atoms in total. The lowest BCUT2D eigenvalue weighted by Gasteiger charge is -2.15. The Kier molecular flexibility index (Phi) is 2.91. The van der Waals surface area contributed by atoms with Crippen molar-refractivity contribution in [2.75, 3.05) is 18.5 Å². The van der Waals surface area contributed by atoms with E-state index in [0.717, 1.165) is 43.5 Å². The molecule has 0 spiro atoms. The Morgan fingerprint density at radius 3 is 3.11 bits per heavy atom. The maximum atomic E-state index is 11.3.